The van der Waals surface area contributed by atoms with E-state index >= 15 is 0 Å². The summed E-state index contributed by atoms with van der Waals surface area (Å²) < 4.78 is 30.8. The summed E-state index contributed by atoms with van der Waals surface area (Å²) in [5, 5.41) is 6.05. The number of thiophene rings is 1. The predicted octanol–water partition coefficient (Wildman–Crippen LogP) is 3.61. The second-order valence-corrected chi connectivity index (χ2v) is 5.37. The van der Waals surface area contributed by atoms with E-state index in [4.69, 9.17) is 4.74 Å². The number of nitrogens with one attached hydrogen (secondary N) is 1. The van der Waals surface area contributed by atoms with Crippen molar-refractivity contribution in [1.29, 1.82) is 0 Å². The van der Waals surface area contributed by atoms with Crippen molar-refractivity contribution in [2.75, 3.05) is 5.32 Å². The van der Waals surface area contributed by atoms with Gasteiger partial charge in [0.25, 0.3) is 5.91 Å². The van der Waals surface area contributed by atoms with Crippen LogP contribution < -0.4 is 5.32 Å². The molecular weight excluding hydrogens is 324 g/mol. The molecule has 0 saturated heterocycles. The molecule has 0 aliphatic rings. The van der Waals surface area contributed by atoms with Crippen LogP contribution in [0.3, 0.4) is 0 Å². The van der Waals surface area contributed by atoms with Gasteiger partial charge in [-0.05, 0) is 47.5 Å². The van der Waals surface area contributed by atoms with Gasteiger partial charge in [0.05, 0.1) is 0 Å². The van der Waals surface area contributed by atoms with Crippen LogP contribution in [-0.4, -0.2) is 18.0 Å². The summed E-state index contributed by atoms with van der Waals surface area (Å²) in [6.45, 7) is 1.38. The Morgan fingerprint density at radius 1 is 1.26 bits per heavy atom. The van der Waals surface area contributed by atoms with Gasteiger partial charge in [0.1, 0.15) is 0 Å². The van der Waals surface area contributed by atoms with Gasteiger partial charge < -0.3 is 10.1 Å². The van der Waals surface area contributed by atoms with Gasteiger partial charge in [0, 0.05) is 17.8 Å². The third-order valence-corrected chi connectivity index (χ3v) is 3.51. The van der Waals surface area contributed by atoms with Crippen LogP contribution in [0.1, 0.15) is 12.5 Å². The Hall–Kier alpha value is -2.54. The maximum atomic E-state index is 13.1. The highest BCUT2D eigenvalue weighted by Gasteiger charge is 2.17. The Morgan fingerprint density at radius 2 is 2.04 bits per heavy atom. The maximum Gasteiger partial charge on any atom is 0.331 e. The molecule has 1 heterocycles. The molecule has 2 rings (SSSR count). The van der Waals surface area contributed by atoms with Crippen LogP contribution in [0.5, 0.6) is 0 Å². The van der Waals surface area contributed by atoms with E-state index in [1.807, 2.05) is 16.8 Å². The second-order valence-electron chi connectivity index (χ2n) is 4.59. The van der Waals surface area contributed by atoms with Gasteiger partial charge in [0.2, 0.25) is 0 Å². The Kier molecular flexibility index (Phi) is 5.59. The fourth-order valence-corrected chi connectivity index (χ4v) is 2.25. The van der Waals surface area contributed by atoms with Crippen LogP contribution in [0.15, 0.2) is 41.1 Å². The molecule has 0 radical (unpaired) electrons. The minimum atomic E-state index is -1.08. The Bertz CT molecular complexity index is 729. The van der Waals surface area contributed by atoms with Crippen molar-refractivity contribution in [2.24, 2.45) is 0 Å². The molecule has 0 fully saturated rings. The average Bonchev–Trinajstić information content (AvgIpc) is 3.02. The smallest absolute Gasteiger partial charge is 0.331 e. The van der Waals surface area contributed by atoms with E-state index in [2.05, 4.69) is 5.32 Å². The van der Waals surface area contributed by atoms with E-state index < -0.39 is 29.6 Å². The summed E-state index contributed by atoms with van der Waals surface area (Å²) in [7, 11) is 0. The fourth-order valence-electron chi connectivity index (χ4n) is 1.62. The highest BCUT2D eigenvalue weighted by atomic mass is 32.1. The van der Waals surface area contributed by atoms with Gasteiger partial charge in [-0.3, -0.25) is 4.79 Å². The van der Waals surface area contributed by atoms with E-state index in [1.165, 1.54) is 30.4 Å². The standard InChI is InChI=1S/C16H13F2NO3S/c1-10(22-15(20)5-2-11-6-7-23-9-11)16(21)19-12-3-4-13(17)14(18)8-12/h2-10H,1H3,(H,19,21)/b5-2+/t10-/m0/s1. The minimum Gasteiger partial charge on any atom is -0.449 e. The molecule has 23 heavy (non-hydrogen) atoms. The van der Waals surface area contributed by atoms with Crippen molar-refractivity contribution in [3.8, 4) is 0 Å². The van der Waals surface area contributed by atoms with Gasteiger partial charge in [-0.1, -0.05) is 0 Å². The van der Waals surface area contributed by atoms with Gasteiger partial charge in [-0.2, -0.15) is 11.3 Å². The van der Waals surface area contributed by atoms with Crippen molar-refractivity contribution in [2.45, 2.75) is 13.0 Å². The second kappa shape index (κ2) is 7.64. The summed E-state index contributed by atoms with van der Waals surface area (Å²) in [4.78, 5) is 23.5. The van der Waals surface area contributed by atoms with E-state index in [0.29, 0.717) is 0 Å². The molecule has 0 spiro atoms. The molecule has 1 aromatic carbocycles. The number of anilines is 1. The first-order valence-corrected chi connectivity index (χ1v) is 7.57. The Balaban J connectivity index is 1.89. The zero-order valence-corrected chi connectivity index (χ0v) is 12.9. The first-order chi connectivity index (χ1) is 11.0. The van der Waals surface area contributed by atoms with Crippen molar-refractivity contribution >= 4 is 35.0 Å². The van der Waals surface area contributed by atoms with Crippen LogP contribution in [0.25, 0.3) is 6.08 Å². The molecular formula is C16H13F2NO3S. The number of carbonyl (C=O) groups is 2. The summed E-state index contributed by atoms with van der Waals surface area (Å²) in [5.74, 6) is -3.41. The monoisotopic (exact) mass is 337 g/mol. The molecule has 1 amide bonds. The summed E-state index contributed by atoms with van der Waals surface area (Å²) in [5.41, 5.74) is 0.927. The number of benzene rings is 1. The van der Waals surface area contributed by atoms with Crippen LogP contribution in [0.4, 0.5) is 14.5 Å². The molecule has 0 aliphatic carbocycles. The molecule has 1 N–H and O–H groups in total. The van der Waals surface area contributed by atoms with E-state index in [-0.39, 0.29) is 5.69 Å². The SMILES string of the molecule is C[C@H](OC(=O)/C=C/c1ccsc1)C(=O)Nc1ccc(F)c(F)c1. The number of rotatable bonds is 5. The molecule has 1 atom stereocenters. The highest BCUT2D eigenvalue weighted by molar-refractivity contribution is 7.08. The van der Waals surface area contributed by atoms with Crippen LogP contribution in [-0.2, 0) is 14.3 Å². The van der Waals surface area contributed by atoms with Gasteiger partial charge in [-0.15, -0.1) is 0 Å². The van der Waals surface area contributed by atoms with Gasteiger partial charge in [-0.25, -0.2) is 13.6 Å². The van der Waals surface area contributed by atoms with Crippen molar-refractivity contribution in [3.63, 3.8) is 0 Å². The topological polar surface area (TPSA) is 55.4 Å². The quantitative estimate of drug-likeness (QED) is 0.670. The number of amides is 1. The predicted molar refractivity (Wildman–Crippen MR) is 83.9 cm³/mol. The first kappa shape index (κ1) is 16.8. The van der Waals surface area contributed by atoms with Gasteiger partial charge in [0.15, 0.2) is 17.7 Å². The van der Waals surface area contributed by atoms with E-state index in [0.717, 1.165) is 17.7 Å². The number of hydrogen-bond acceptors (Lipinski definition) is 4. The molecule has 0 aliphatic heterocycles. The molecule has 0 bridgehead atoms. The summed E-state index contributed by atoms with van der Waals surface area (Å²) in [6.07, 6.45) is 1.70. The van der Waals surface area contributed by atoms with Crippen LogP contribution >= 0.6 is 11.3 Å². The number of halogens is 2. The Morgan fingerprint density at radius 3 is 2.70 bits per heavy atom. The molecule has 0 unspecified atom stereocenters. The van der Waals surface area contributed by atoms with Crippen LogP contribution in [0.2, 0.25) is 0 Å². The summed E-state index contributed by atoms with van der Waals surface area (Å²) >= 11 is 1.49. The first-order valence-electron chi connectivity index (χ1n) is 6.62. The lowest BCUT2D eigenvalue weighted by Crippen LogP contribution is -2.29. The molecule has 0 saturated carbocycles. The third-order valence-electron chi connectivity index (χ3n) is 2.80. The fraction of sp³-hybridized carbons (Fsp3) is 0.125. The lowest BCUT2D eigenvalue weighted by molar-refractivity contribution is -0.148. The van der Waals surface area contributed by atoms with E-state index in [1.54, 1.807) is 6.08 Å². The van der Waals surface area contributed by atoms with Crippen LogP contribution in [0, 0.1) is 11.6 Å². The number of ether oxygens (including phenoxy) is 1. The van der Waals surface area contributed by atoms with Crippen molar-refractivity contribution in [3.05, 3.63) is 58.3 Å². The normalized spacial score (nSPS) is 12.1. The molecule has 2 aromatic rings. The third kappa shape index (κ3) is 5.00. The molecule has 7 heteroatoms. The Labute approximate surface area is 135 Å². The minimum absolute atomic E-state index is 0.0746. The van der Waals surface area contributed by atoms with E-state index in [9.17, 15) is 18.4 Å². The number of esters is 1. The molecule has 1 aromatic heterocycles. The molecule has 4 nitrogen and oxygen atoms in total. The zero-order chi connectivity index (χ0) is 16.8. The lowest BCUT2D eigenvalue weighted by atomic mass is 10.2. The molecule has 120 valence electrons. The number of hydrogen-bond donors (Lipinski definition) is 1. The van der Waals surface area contributed by atoms with Gasteiger partial charge >= 0.3 is 5.97 Å². The van der Waals surface area contributed by atoms with Crippen molar-refractivity contribution < 1.29 is 23.1 Å². The largest absolute Gasteiger partial charge is 0.449 e. The number of carbonyl (C=O) groups excluding carboxylic acids is 2. The zero-order valence-electron chi connectivity index (χ0n) is 12.1. The van der Waals surface area contributed by atoms with Crippen molar-refractivity contribution in [1.82, 2.24) is 0 Å². The average molecular weight is 337 g/mol. The highest BCUT2D eigenvalue weighted by Crippen LogP contribution is 2.14. The summed E-state index contributed by atoms with van der Waals surface area (Å²) in [6, 6.07) is 4.78. The maximum absolute atomic E-state index is 13.1. The lowest BCUT2D eigenvalue weighted by Gasteiger charge is -2.12.